The van der Waals surface area contributed by atoms with Crippen molar-refractivity contribution in [2.45, 2.75) is 20.3 Å². The van der Waals surface area contributed by atoms with Crippen LogP contribution in [0.2, 0.25) is 0 Å². The fourth-order valence-corrected chi connectivity index (χ4v) is 2.09. The molecule has 6 nitrogen and oxygen atoms in total. The molecule has 3 N–H and O–H groups in total. The van der Waals surface area contributed by atoms with E-state index in [1.54, 1.807) is 19.0 Å². The Morgan fingerprint density at radius 3 is 2.64 bits per heavy atom. The minimum absolute atomic E-state index is 0. The van der Waals surface area contributed by atoms with Crippen LogP contribution in [0.1, 0.15) is 29.8 Å². The lowest BCUT2D eigenvalue weighted by atomic mass is 10.1. The molecule has 25 heavy (non-hydrogen) atoms. The second kappa shape index (κ2) is 12.9. The maximum absolute atomic E-state index is 12.0. The standard InChI is InChI=1S/C18H30N4O2.HI/c1-5-19-18(21-12-14(2)13-23)20-10-9-15-7-6-8-16(11-15)17(24)22(3)4;/h6-8,11,14,23H,5,9-10,12-13H2,1-4H3,(H2,19,20,21);1H. The molecule has 0 aliphatic carbocycles. The summed E-state index contributed by atoms with van der Waals surface area (Å²) in [7, 11) is 3.51. The summed E-state index contributed by atoms with van der Waals surface area (Å²) in [5.41, 5.74) is 1.81. The summed E-state index contributed by atoms with van der Waals surface area (Å²) >= 11 is 0. The van der Waals surface area contributed by atoms with Gasteiger partial charge in [-0.3, -0.25) is 9.79 Å². The molecule has 1 atom stereocenters. The molecule has 1 amide bonds. The zero-order valence-electron chi connectivity index (χ0n) is 15.6. The number of guanidine groups is 1. The average molecular weight is 462 g/mol. The molecule has 0 saturated carbocycles. The van der Waals surface area contributed by atoms with Crippen LogP contribution < -0.4 is 10.6 Å². The number of amides is 1. The van der Waals surface area contributed by atoms with Crippen molar-refractivity contribution in [1.29, 1.82) is 0 Å². The molecule has 7 heteroatoms. The van der Waals surface area contributed by atoms with Gasteiger partial charge in [0, 0.05) is 45.9 Å². The van der Waals surface area contributed by atoms with Crippen molar-refractivity contribution >= 4 is 35.8 Å². The number of aliphatic hydroxyl groups is 1. The van der Waals surface area contributed by atoms with Gasteiger partial charge < -0.3 is 20.6 Å². The quantitative estimate of drug-likeness (QED) is 0.313. The summed E-state index contributed by atoms with van der Waals surface area (Å²) in [6, 6.07) is 7.70. The van der Waals surface area contributed by atoms with Gasteiger partial charge in [0.05, 0.1) is 0 Å². The summed E-state index contributed by atoms with van der Waals surface area (Å²) < 4.78 is 0. The van der Waals surface area contributed by atoms with Crippen LogP contribution in [-0.4, -0.2) is 62.2 Å². The number of aliphatic imine (C=N–C) groups is 1. The van der Waals surface area contributed by atoms with Gasteiger partial charge in [-0.05, 0) is 37.0 Å². The van der Waals surface area contributed by atoms with Gasteiger partial charge >= 0.3 is 0 Å². The molecular formula is C18H31IN4O2. The number of nitrogens with zero attached hydrogens (tertiary/aromatic N) is 2. The summed E-state index contributed by atoms with van der Waals surface area (Å²) in [5, 5.41) is 15.5. The van der Waals surface area contributed by atoms with Crippen LogP contribution in [-0.2, 0) is 6.42 Å². The number of benzene rings is 1. The molecule has 0 bridgehead atoms. The van der Waals surface area contributed by atoms with E-state index >= 15 is 0 Å². The first kappa shape index (κ1) is 23.6. The van der Waals surface area contributed by atoms with Gasteiger partial charge in [-0.25, -0.2) is 0 Å². The number of hydrogen-bond acceptors (Lipinski definition) is 3. The first-order valence-electron chi connectivity index (χ1n) is 8.41. The molecular weight excluding hydrogens is 431 g/mol. The number of carbonyl (C=O) groups excluding carboxylic acids is 1. The predicted molar refractivity (Wildman–Crippen MR) is 114 cm³/mol. The Morgan fingerprint density at radius 1 is 1.32 bits per heavy atom. The lowest BCUT2D eigenvalue weighted by Crippen LogP contribution is -2.38. The molecule has 142 valence electrons. The van der Waals surface area contributed by atoms with Crippen LogP contribution in [0.5, 0.6) is 0 Å². The Kier molecular flexibility index (Phi) is 12.2. The van der Waals surface area contributed by atoms with Crippen molar-refractivity contribution in [2.75, 3.05) is 40.3 Å². The summed E-state index contributed by atoms with van der Waals surface area (Å²) in [4.78, 5) is 18.0. The number of hydrogen-bond donors (Lipinski definition) is 3. The maximum Gasteiger partial charge on any atom is 0.253 e. The van der Waals surface area contributed by atoms with E-state index in [0.717, 1.165) is 31.0 Å². The van der Waals surface area contributed by atoms with Gasteiger partial charge in [0.15, 0.2) is 5.96 Å². The Balaban J connectivity index is 0.00000576. The van der Waals surface area contributed by atoms with E-state index in [-0.39, 0.29) is 42.4 Å². The Morgan fingerprint density at radius 2 is 2.04 bits per heavy atom. The Hall–Kier alpha value is -1.35. The predicted octanol–water partition coefficient (Wildman–Crippen LogP) is 1.73. The van der Waals surface area contributed by atoms with Crippen LogP contribution >= 0.6 is 24.0 Å². The van der Waals surface area contributed by atoms with E-state index in [9.17, 15) is 4.79 Å². The molecule has 0 spiro atoms. The lowest BCUT2D eigenvalue weighted by Gasteiger charge is -2.13. The second-order valence-corrected chi connectivity index (χ2v) is 6.08. The Labute approximate surface area is 168 Å². The van der Waals surface area contributed by atoms with Crippen LogP contribution in [0.15, 0.2) is 29.3 Å². The Bertz CT molecular complexity index is 550. The van der Waals surface area contributed by atoms with Gasteiger partial charge in [0.1, 0.15) is 0 Å². The van der Waals surface area contributed by atoms with Gasteiger partial charge in [-0.1, -0.05) is 19.1 Å². The van der Waals surface area contributed by atoms with Crippen LogP contribution in [0.3, 0.4) is 0 Å². The molecule has 0 aliphatic rings. The van der Waals surface area contributed by atoms with Crippen LogP contribution in [0.4, 0.5) is 0 Å². The first-order valence-corrected chi connectivity index (χ1v) is 8.41. The third-order valence-electron chi connectivity index (χ3n) is 3.50. The average Bonchev–Trinajstić information content (AvgIpc) is 2.58. The smallest absolute Gasteiger partial charge is 0.253 e. The minimum atomic E-state index is 0. The highest BCUT2D eigenvalue weighted by molar-refractivity contribution is 14.0. The topological polar surface area (TPSA) is 77.0 Å². The van der Waals surface area contributed by atoms with Crippen molar-refractivity contribution in [3.63, 3.8) is 0 Å². The van der Waals surface area contributed by atoms with Gasteiger partial charge in [0.2, 0.25) is 0 Å². The van der Waals surface area contributed by atoms with Gasteiger partial charge in [-0.2, -0.15) is 0 Å². The summed E-state index contributed by atoms with van der Waals surface area (Å²) in [6.45, 7) is 6.20. The molecule has 0 aliphatic heterocycles. The van der Waals surface area contributed by atoms with E-state index in [1.807, 2.05) is 38.1 Å². The highest BCUT2D eigenvalue weighted by Gasteiger charge is 2.08. The van der Waals surface area contributed by atoms with Crippen LogP contribution in [0, 0.1) is 5.92 Å². The number of carbonyl (C=O) groups is 1. The number of nitrogens with one attached hydrogen (secondary N) is 2. The number of rotatable bonds is 8. The largest absolute Gasteiger partial charge is 0.396 e. The monoisotopic (exact) mass is 462 g/mol. The molecule has 1 aromatic carbocycles. The lowest BCUT2D eigenvalue weighted by molar-refractivity contribution is 0.0827. The number of halogens is 1. The van der Waals surface area contributed by atoms with E-state index in [4.69, 9.17) is 5.11 Å². The number of aliphatic hydroxyl groups excluding tert-OH is 1. The molecule has 1 unspecified atom stereocenters. The fourth-order valence-electron chi connectivity index (χ4n) is 2.09. The zero-order chi connectivity index (χ0) is 17.9. The highest BCUT2D eigenvalue weighted by Crippen LogP contribution is 2.07. The fraction of sp³-hybridized carbons (Fsp3) is 0.556. The summed E-state index contributed by atoms with van der Waals surface area (Å²) in [6.07, 6.45) is 0.800. The minimum Gasteiger partial charge on any atom is -0.396 e. The molecule has 0 heterocycles. The maximum atomic E-state index is 12.0. The SMILES string of the molecule is CCNC(=NCC(C)CO)NCCc1cccc(C(=O)N(C)C)c1.I. The van der Waals surface area contributed by atoms with Crippen molar-refractivity contribution in [3.05, 3.63) is 35.4 Å². The zero-order valence-corrected chi connectivity index (χ0v) is 17.9. The van der Waals surface area contributed by atoms with E-state index in [2.05, 4.69) is 15.6 Å². The van der Waals surface area contributed by atoms with Gasteiger partial charge in [-0.15, -0.1) is 24.0 Å². The molecule has 0 radical (unpaired) electrons. The van der Waals surface area contributed by atoms with Crippen LogP contribution in [0.25, 0.3) is 0 Å². The highest BCUT2D eigenvalue weighted by atomic mass is 127. The second-order valence-electron chi connectivity index (χ2n) is 6.08. The molecule has 1 rings (SSSR count). The van der Waals surface area contributed by atoms with Crippen molar-refractivity contribution in [2.24, 2.45) is 10.9 Å². The van der Waals surface area contributed by atoms with E-state index < -0.39 is 0 Å². The third kappa shape index (κ3) is 9.06. The summed E-state index contributed by atoms with van der Waals surface area (Å²) in [5.74, 6) is 0.908. The molecule has 0 aromatic heterocycles. The normalized spacial score (nSPS) is 12.1. The molecule has 0 fully saturated rings. The van der Waals surface area contributed by atoms with Crippen molar-refractivity contribution in [3.8, 4) is 0 Å². The molecule has 1 aromatic rings. The van der Waals surface area contributed by atoms with Gasteiger partial charge in [0.25, 0.3) is 5.91 Å². The van der Waals surface area contributed by atoms with Crippen molar-refractivity contribution < 1.29 is 9.90 Å². The molecule has 0 saturated heterocycles. The van der Waals surface area contributed by atoms with E-state index in [0.29, 0.717) is 12.1 Å². The third-order valence-corrected chi connectivity index (χ3v) is 3.50. The van der Waals surface area contributed by atoms with E-state index in [1.165, 1.54) is 0 Å². The van der Waals surface area contributed by atoms with Crippen molar-refractivity contribution in [1.82, 2.24) is 15.5 Å². The first-order chi connectivity index (χ1) is 11.5.